The van der Waals surface area contributed by atoms with Crippen LogP contribution in [-0.4, -0.2) is 28.9 Å². The summed E-state index contributed by atoms with van der Waals surface area (Å²) in [5.74, 6) is -1.02. The molecule has 24 heavy (non-hydrogen) atoms. The Morgan fingerprint density at radius 2 is 1.67 bits per heavy atom. The SMILES string of the molecule is CC(C)NC(=O)Nc1ccccc1C(=O)NNC(=O)c1ccc[nH]1. The number of hydrazine groups is 1. The first kappa shape index (κ1) is 17.1. The van der Waals surface area contributed by atoms with E-state index in [2.05, 4.69) is 26.5 Å². The molecule has 0 bridgehead atoms. The summed E-state index contributed by atoms with van der Waals surface area (Å²) in [7, 11) is 0. The second-order valence-electron chi connectivity index (χ2n) is 5.29. The molecule has 8 nitrogen and oxygen atoms in total. The molecule has 4 amide bonds. The van der Waals surface area contributed by atoms with Crippen LogP contribution in [0.2, 0.25) is 0 Å². The summed E-state index contributed by atoms with van der Waals surface area (Å²) in [6.45, 7) is 3.66. The van der Waals surface area contributed by atoms with Crippen LogP contribution in [0.25, 0.3) is 0 Å². The van der Waals surface area contributed by atoms with E-state index in [1.165, 1.54) is 0 Å². The summed E-state index contributed by atoms with van der Waals surface area (Å²) >= 11 is 0. The van der Waals surface area contributed by atoms with Gasteiger partial charge in [0.15, 0.2) is 0 Å². The van der Waals surface area contributed by atoms with E-state index in [0.29, 0.717) is 11.4 Å². The average Bonchev–Trinajstić information content (AvgIpc) is 3.06. The summed E-state index contributed by atoms with van der Waals surface area (Å²) in [5.41, 5.74) is 5.49. The number of rotatable bonds is 4. The molecule has 0 atom stereocenters. The van der Waals surface area contributed by atoms with Gasteiger partial charge in [-0.1, -0.05) is 12.1 Å². The minimum absolute atomic E-state index is 0.0360. The van der Waals surface area contributed by atoms with Crippen molar-refractivity contribution in [2.75, 3.05) is 5.32 Å². The number of para-hydroxylation sites is 1. The third-order valence-electron chi connectivity index (χ3n) is 2.97. The smallest absolute Gasteiger partial charge is 0.319 e. The van der Waals surface area contributed by atoms with Gasteiger partial charge in [-0.3, -0.25) is 20.4 Å². The molecule has 0 radical (unpaired) electrons. The van der Waals surface area contributed by atoms with Gasteiger partial charge in [0.1, 0.15) is 5.69 Å². The first-order valence-corrected chi connectivity index (χ1v) is 7.38. The van der Waals surface area contributed by atoms with Crippen molar-refractivity contribution in [1.29, 1.82) is 0 Å². The van der Waals surface area contributed by atoms with Gasteiger partial charge in [-0.25, -0.2) is 4.79 Å². The van der Waals surface area contributed by atoms with Crippen LogP contribution >= 0.6 is 0 Å². The summed E-state index contributed by atoms with van der Waals surface area (Å²) in [6, 6.07) is 9.29. The lowest BCUT2D eigenvalue weighted by atomic mass is 10.1. The van der Waals surface area contributed by atoms with Crippen molar-refractivity contribution in [1.82, 2.24) is 21.2 Å². The van der Waals surface area contributed by atoms with Crippen molar-refractivity contribution in [2.45, 2.75) is 19.9 Å². The molecule has 1 aromatic heterocycles. The second kappa shape index (κ2) is 7.82. The van der Waals surface area contributed by atoms with E-state index in [1.54, 1.807) is 42.6 Å². The number of hydrogen-bond acceptors (Lipinski definition) is 3. The van der Waals surface area contributed by atoms with Crippen LogP contribution in [0.1, 0.15) is 34.7 Å². The van der Waals surface area contributed by atoms with Crippen LogP contribution < -0.4 is 21.5 Å². The molecule has 5 N–H and O–H groups in total. The first-order chi connectivity index (χ1) is 11.5. The molecule has 126 valence electrons. The van der Waals surface area contributed by atoms with E-state index < -0.39 is 17.8 Å². The average molecular weight is 329 g/mol. The van der Waals surface area contributed by atoms with Crippen molar-refractivity contribution in [2.24, 2.45) is 0 Å². The van der Waals surface area contributed by atoms with Crippen LogP contribution in [-0.2, 0) is 0 Å². The Balaban J connectivity index is 2.01. The number of aromatic amines is 1. The molecule has 2 aromatic rings. The predicted octanol–water partition coefficient (Wildman–Crippen LogP) is 1.62. The van der Waals surface area contributed by atoms with Crippen LogP contribution in [0.3, 0.4) is 0 Å². The van der Waals surface area contributed by atoms with E-state index in [9.17, 15) is 14.4 Å². The van der Waals surface area contributed by atoms with Crippen LogP contribution in [0, 0.1) is 0 Å². The molecule has 2 rings (SSSR count). The van der Waals surface area contributed by atoms with Crippen molar-refractivity contribution in [3.63, 3.8) is 0 Å². The minimum Gasteiger partial charge on any atom is -0.357 e. The Hall–Kier alpha value is -3.29. The molecule has 1 heterocycles. The van der Waals surface area contributed by atoms with E-state index >= 15 is 0 Å². The highest BCUT2D eigenvalue weighted by Crippen LogP contribution is 2.14. The van der Waals surface area contributed by atoms with Crippen molar-refractivity contribution >= 4 is 23.5 Å². The van der Waals surface area contributed by atoms with Gasteiger partial charge in [0.2, 0.25) is 0 Å². The Labute approximate surface area is 139 Å². The number of H-pyrrole nitrogens is 1. The van der Waals surface area contributed by atoms with E-state index in [1.807, 2.05) is 13.8 Å². The van der Waals surface area contributed by atoms with Crippen LogP contribution in [0.5, 0.6) is 0 Å². The number of amides is 4. The third-order valence-corrected chi connectivity index (χ3v) is 2.97. The lowest BCUT2D eigenvalue weighted by Crippen LogP contribution is -2.42. The van der Waals surface area contributed by atoms with Gasteiger partial charge in [-0.2, -0.15) is 0 Å². The molecule has 0 aliphatic heterocycles. The van der Waals surface area contributed by atoms with Gasteiger partial charge in [0, 0.05) is 12.2 Å². The van der Waals surface area contributed by atoms with Gasteiger partial charge in [-0.15, -0.1) is 0 Å². The monoisotopic (exact) mass is 329 g/mol. The fourth-order valence-corrected chi connectivity index (χ4v) is 1.93. The zero-order chi connectivity index (χ0) is 17.5. The normalized spacial score (nSPS) is 10.1. The highest BCUT2D eigenvalue weighted by atomic mass is 16.2. The summed E-state index contributed by atoms with van der Waals surface area (Å²) in [5, 5.41) is 5.28. The van der Waals surface area contributed by atoms with Crippen molar-refractivity contribution in [3.05, 3.63) is 53.9 Å². The van der Waals surface area contributed by atoms with E-state index in [0.717, 1.165) is 0 Å². The molecule has 1 aromatic carbocycles. The maximum absolute atomic E-state index is 12.2. The quantitative estimate of drug-likeness (QED) is 0.549. The molecule has 0 fully saturated rings. The number of carbonyl (C=O) groups excluding carboxylic acids is 3. The topological polar surface area (TPSA) is 115 Å². The summed E-state index contributed by atoms with van der Waals surface area (Å²) in [4.78, 5) is 38.5. The number of aromatic nitrogens is 1. The molecular formula is C16H19N5O3. The highest BCUT2D eigenvalue weighted by molar-refractivity contribution is 6.04. The molecule has 8 heteroatoms. The van der Waals surface area contributed by atoms with Gasteiger partial charge in [-0.05, 0) is 38.1 Å². The lowest BCUT2D eigenvalue weighted by Gasteiger charge is -2.13. The molecule has 0 spiro atoms. The second-order valence-corrected chi connectivity index (χ2v) is 5.29. The summed E-state index contributed by atoms with van der Waals surface area (Å²) < 4.78 is 0. The fourth-order valence-electron chi connectivity index (χ4n) is 1.93. The van der Waals surface area contributed by atoms with Gasteiger partial charge < -0.3 is 15.6 Å². The number of anilines is 1. The fraction of sp³-hybridized carbons (Fsp3) is 0.188. The Bertz CT molecular complexity index is 725. The van der Waals surface area contributed by atoms with Gasteiger partial charge >= 0.3 is 6.03 Å². The number of carbonyl (C=O) groups is 3. The summed E-state index contributed by atoms with van der Waals surface area (Å²) in [6.07, 6.45) is 1.60. The molecule has 0 saturated heterocycles. The third kappa shape index (κ3) is 4.60. The molecule has 0 aliphatic carbocycles. The molecule has 0 saturated carbocycles. The highest BCUT2D eigenvalue weighted by Gasteiger charge is 2.14. The van der Waals surface area contributed by atoms with E-state index in [4.69, 9.17) is 0 Å². The number of urea groups is 1. The maximum Gasteiger partial charge on any atom is 0.319 e. The van der Waals surface area contributed by atoms with E-state index in [-0.39, 0.29) is 11.6 Å². The zero-order valence-electron chi connectivity index (χ0n) is 13.3. The molecular weight excluding hydrogens is 310 g/mol. The zero-order valence-corrected chi connectivity index (χ0v) is 13.3. The van der Waals surface area contributed by atoms with Crippen LogP contribution in [0.4, 0.5) is 10.5 Å². The van der Waals surface area contributed by atoms with Gasteiger partial charge in [0.05, 0.1) is 11.3 Å². The largest absolute Gasteiger partial charge is 0.357 e. The van der Waals surface area contributed by atoms with Gasteiger partial charge in [0.25, 0.3) is 11.8 Å². The Kier molecular flexibility index (Phi) is 5.56. The maximum atomic E-state index is 12.2. The predicted molar refractivity (Wildman–Crippen MR) is 89.5 cm³/mol. The molecule has 0 unspecified atom stereocenters. The van der Waals surface area contributed by atoms with Crippen LogP contribution in [0.15, 0.2) is 42.6 Å². The Morgan fingerprint density at radius 3 is 2.33 bits per heavy atom. The van der Waals surface area contributed by atoms with Crippen molar-refractivity contribution in [3.8, 4) is 0 Å². The standard InChI is InChI=1S/C16H19N5O3/c1-10(2)18-16(24)19-12-7-4-3-6-11(12)14(22)20-21-15(23)13-8-5-9-17-13/h3-10,17H,1-2H3,(H,20,22)(H,21,23)(H2,18,19,24). The number of nitrogens with one attached hydrogen (secondary N) is 5. The number of hydrogen-bond donors (Lipinski definition) is 5. The lowest BCUT2D eigenvalue weighted by molar-refractivity contribution is 0.0844. The molecule has 0 aliphatic rings. The van der Waals surface area contributed by atoms with Crippen molar-refractivity contribution < 1.29 is 14.4 Å². The Morgan fingerprint density at radius 1 is 0.958 bits per heavy atom. The minimum atomic E-state index is -0.546. The first-order valence-electron chi connectivity index (χ1n) is 7.38. The number of benzene rings is 1.